The Labute approximate surface area is 194 Å². The Hall–Kier alpha value is -0.860. The normalized spacial score (nSPS) is 26.6. The summed E-state index contributed by atoms with van der Waals surface area (Å²) in [5.74, 6) is 0.957. The molecule has 0 spiro atoms. The highest BCUT2D eigenvalue weighted by Crippen LogP contribution is 2.20. The van der Waals surface area contributed by atoms with Gasteiger partial charge >= 0.3 is 0 Å². The fourth-order valence-corrected chi connectivity index (χ4v) is 4.60. The number of aliphatic imine (C=N–C) groups is 1. The highest BCUT2D eigenvalue weighted by Gasteiger charge is 2.26. The second-order valence-electron chi connectivity index (χ2n) is 8.55. The van der Waals surface area contributed by atoms with Crippen LogP contribution in [-0.2, 0) is 6.54 Å². The predicted molar refractivity (Wildman–Crippen MR) is 134 cm³/mol. The van der Waals surface area contributed by atoms with Crippen molar-refractivity contribution in [3.63, 3.8) is 0 Å². The molecule has 1 aromatic rings. The van der Waals surface area contributed by atoms with Crippen LogP contribution in [-0.4, -0.2) is 67.1 Å². The average molecular weight is 514 g/mol. The summed E-state index contributed by atoms with van der Waals surface area (Å²) in [6, 6.07) is 12.6. The summed E-state index contributed by atoms with van der Waals surface area (Å²) >= 11 is 0. The molecule has 0 aromatic heterocycles. The van der Waals surface area contributed by atoms with E-state index in [-0.39, 0.29) is 24.0 Å². The lowest BCUT2D eigenvalue weighted by Gasteiger charge is -2.38. The van der Waals surface area contributed by atoms with E-state index in [2.05, 4.69) is 69.6 Å². The minimum absolute atomic E-state index is 0. The maximum Gasteiger partial charge on any atom is 0.191 e. The number of likely N-dealkylation sites (tertiary alicyclic amines) is 2. The van der Waals surface area contributed by atoms with E-state index < -0.39 is 0 Å². The minimum Gasteiger partial charge on any atom is -0.355 e. The number of nitrogens with zero attached hydrogens (tertiary/aromatic N) is 3. The van der Waals surface area contributed by atoms with Crippen molar-refractivity contribution in [2.45, 2.75) is 70.6 Å². The molecule has 6 heteroatoms. The molecule has 2 N–H and O–H groups in total. The van der Waals surface area contributed by atoms with Crippen LogP contribution in [0.5, 0.6) is 0 Å². The third-order valence-corrected chi connectivity index (χ3v) is 6.44. The van der Waals surface area contributed by atoms with Crippen molar-refractivity contribution in [1.82, 2.24) is 20.4 Å². The fraction of sp³-hybridized carbons (Fsp3) is 0.696. The molecule has 1 aromatic carbocycles. The molecule has 2 aliphatic heterocycles. The highest BCUT2D eigenvalue weighted by atomic mass is 127. The van der Waals surface area contributed by atoms with Crippen LogP contribution in [0.25, 0.3) is 0 Å². The zero-order chi connectivity index (χ0) is 19.8. The SMILES string of the molecule is CN=C(NCCN1CCCCC1C)NC1CCN(Cc2ccccc2)C(C)C1.I. The van der Waals surface area contributed by atoms with Gasteiger partial charge in [-0.2, -0.15) is 0 Å². The largest absolute Gasteiger partial charge is 0.355 e. The first-order valence-corrected chi connectivity index (χ1v) is 11.1. The van der Waals surface area contributed by atoms with Crippen LogP contribution in [0.1, 0.15) is 51.5 Å². The molecule has 2 fully saturated rings. The first-order valence-electron chi connectivity index (χ1n) is 11.1. The van der Waals surface area contributed by atoms with E-state index in [1.165, 1.54) is 37.8 Å². The van der Waals surface area contributed by atoms with E-state index in [4.69, 9.17) is 0 Å². The monoisotopic (exact) mass is 513 g/mol. The quantitative estimate of drug-likeness (QED) is 0.346. The third kappa shape index (κ3) is 7.72. The van der Waals surface area contributed by atoms with Gasteiger partial charge in [0.2, 0.25) is 0 Å². The highest BCUT2D eigenvalue weighted by molar-refractivity contribution is 14.0. The fourth-order valence-electron chi connectivity index (χ4n) is 4.60. The van der Waals surface area contributed by atoms with E-state index in [0.717, 1.165) is 44.6 Å². The van der Waals surface area contributed by atoms with E-state index in [1.54, 1.807) is 0 Å². The van der Waals surface area contributed by atoms with Gasteiger partial charge < -0.3 is 10.6 Å². The summed E-state index contributed by atoms with van der Waals surface area (Å²) in [6.07, 6.45) is 6.40. The summed E-state index contributed by atoms with van der Waals surface area (Å²) < 4.78 is 0. The number of hydrogen-bond acceptors (Lipinski definition) is 3. The van der Waals surface area contributed by atoms with Gasteiger partial charge in [-0.15, -0.1) is 24.0 Å². The van der Waals surface area contributed by atoms with Gasteiger partial charge in [0.25, 0.3) is 0 Å². The van der Waals surface area contributed by atoms with Crippen molar-refractivity contribution in [3.8, 4) is 0 Å². The summed E-state index contributed by atoms with van der Waals surface area (Å²) in [5, 5.41) is 7.20. The molecule has 3 atom stereocenters. The van der Waals surface area contributed by atoms with E-state index in [0.29, 0.717) is 12.1 Å². The topological polar surface area (TPSA) is 42.9 Å². The molecule has 0 aliphatic carbocycles. The average Bonchev–Trinajstić information content (AvgIpc) is 2.71. The van der Waals surface area contributed by atoms with Crippen LogP contribution in [0.4, 0.5) is 0 Å². The third-order valence-electron chi connectivity index (χ3n) is 6.44. The number of benzene rings is 1. The Kier molecular flexibility index (Phi) is 10.7. The molecule has 5 nitrogen and oxygen atoms in total. The molecule has 2 aliphatic rings. The number of halogens is 1. The van der Waals surface area contributed by atoms with Gasteiger partial charge in [0.15, 0.2) is 5.96 Å². The van der Waals surface area contributed by atoms with Crippen molar-refractivity contribution >= 4 is 29.9 Å². The zero-order valence-electron chi connectivity index (χ0n) is 18.4. The van der Waals surface area contributed by atoms with Crippen molar-refractivity contribution < 1.29 is 0 Å². The summed E-state index contributed by atoms with van der Waals surface area (Å²) in [7, 11) is 1.88. The van der Waals surface area contributed by atoms with Crippen molar-refractivity contribution in [1.29, 1.82) is 0 Å². The molecule has 3 unspecified atom stereocenters. The van der Waals surface area contributed by atoms with Crippen molar-refractivity contribution in [2.75, 3.05) is 33.2 Å². The summed E-state index contributed by atoms with van der Waals surface area (Å²) in [5.41, 5.74) is 1.41. The van der Waals surface area contributed by atoms with Crippen LogP contribution < -0.4 is 10.6 Å². The van der Waals surface area contributed by atoms with Crippen LogP contribution in [0, 0.1) is 0 Å². The smallest absolute Gasteiger partial charge is 0.191 e. The standard InChI is InChI=1S/C23H39N5.HI/c1-19-9-7-8-14-27(19)16-13-25-23(24-3)26-22-12-15-28(20(2)17-22)18-21-10-5-4-6-11-21;/h4-6,10-11,19-20,22H,7-9,12-18H2,1-3H3,(H2,24,25,26);1H. The number of rotatable bonds is 6. The van der Waals surface area contributed by atoms with Crippen LogP contribution in [0.3, 0.4) is 0 Å². The van der Waals surface area contributed by atoms with Gasteiger partial charge in [-0.3, -0.25) is 14.8 Å². The number of hydrogen-bond donors (Lipinski definition) is 2. The number of guanidine groups is 1. The van der Waals surface area contributed by atoms with Gasteiger partial charge in [0.1, 0.15) is 0 Å². The zero-order valence-corrected chi connectivity index (χ0v) is 20.8. The van der Waals surface area contributed by atoms with Gasteiger partial charge in [-0.05, 0) is 51.6 Å². The molecule has 3 rings (SSSR count). The molecule has 29 heavy (non-hydrogen) atoms. The Bertz CT molecular complexity index is 609. The van der Waals surface area contributed by atoms with E-state index >= 15 is 0 Å². The molecule has 2 saturated heterocycles. The van der Waals surface area contributed by atoms with Crippen LogP contribution >= 0.6 is 24.0 Å². The van der Waals surface area contributed by atoms with E-state index in [9.17, 15) is 0 Å². The number of nitrogens with one attached hydrogen (secondary N) is 2. The van der Waals surface area contributed by atoms with Gasteiger partial charge in [-0.25, -0.2) is 0 Å². The minimum atomic E-state index is 0. The van der Waals surface area contributed by atoms with Crippen molar-refractivity contribution in [2.24, 2.45) is 4.99 Å². The first-order chi connectivity index (χ1) is 13.7. The van der Waals surface area contributed by atoms with Crippen molar-refractivity contribution in [3.05, 3.63) is 35.9 Å². The molecule has 0 radical (unpaired) electrons. The maximum atomic E-state index is 4.46. The Morgan fingerprint density at radius 3 is 2.52 bits per heavy atom. The van der Waals surface area contributed by atoms with Gasteiger partial charge in [-0.1, -0.05) is 36.8 Å². The molecule has 0 saturated carbocycles. The molecular formula is C23H40IN5. The second kappa shape index (κ2) is 12.7. The van der Waals surface area contributed by atoms with Crippen LogP contribution in [0.2, 0.25) is 0 Å². The maximum absolute atomic E-state index is 4.46. The Balaban J connectivity index is 0.00000300. The van der Waals surface area contributed by atoms with E-state index in [1.807, 2.05) is 7.05 Å². The lowest BCUT2D eigenvalue weighted by Crippen LogP contribution is -2.52. The van der Waals surface area contributed by atoms with Crippen LogP contribution in [0.15, 0.2) is 35.3 Å². The molecule has 164 valence electrons. The second-order valence-corrected chi connectivity index (χ2v) is 8.55. The molecule has 0 bridgehead atoms. The molecule has 0 amide bonds. The van der Waals surface area contributed by atoms with Gasteiger partial charge in [0.05, 0.1) is 0 Å². The predicted octanol–water partition coefficient (Wildman–Crippen LogP) is 3.70. The first kappa shape index (κ1) is 24.4. The lowest BCUT2D eigenvalue weighted by molar-refractivity contribution is 0.134. The molecular weight excluding hydrogens is 473 g/mol. The molecule has 2 heterocycles. The Morgan fingerprint density at radius 1 is 1.03 bits per heavy atom. The van der Waals surface area contributed by atoms with Gasteiger partial charge in [0, 0.05) is 51.4 Å². The Morgan fingerprint density at radius 2 is 1.83 bits per heavy atom. The lowest BCUT2D eigenvalue weighted by atomic mass is 9.97. The number of piperidine rings is 2. The summed E-state index contributed by atoms with van der Waals surface area (Å²) in [4.78, 5) is 9.66. The summed E-state index contributed by atoms with van der Waals surface area (Å²) in [6.45, 7) is 10.2.